The first-order valence-corrected chi connectivity index (χ1v) is 19.7. The summed E-state index contributed by atoms with van der Waals surface area (Å²) < 4.78 is 5.47. The predicted molar refractivity (Wildman–Crippen MR) is 224 cm³/mol. The van der Waals surface area contributed by atoms with Crippen LogP contribution >= 0.6 is 85.0 Å². The van der Waals surface area contributed by atoms with Crippen LogP contribution < -0.4 is 0 Å². The summed E-state index contributed by atoms with van der Waals surface area (Å²) in [5.41, 5.74) is 5.36. The molecule has 55 heavy (non-hydrogen) atoms. The van der Waals surface area contributed by atoms with Crippen LogP contribution in [0.15, 0.2) is 112 Å². The minimum atomic E-state index is -1.18. The lowest BCUT2D eigenvalue weighted by atomic mass is 9.96. The maximum Gasteiger partial charge on any atom is 0.339 e. The third-order valence-electron chi connectivity index (χ3n) is 7.95. The number of carbonyl (C=O) groups excluding carboxylic acids is 1. The first-order chi connectivity index (χ1) is 26.3. The molecule has 2 aromatic heterocycles. The monoisotopic (exact) mass is 911 g/mol. The Kier molecular flexibility index (Phi) is 12.7. The highest BCUT2D eigenvalue weighted by Crippen LogP contribution is 2.38. The molecule has 0 aliphatic carbocycles. The van der Waals surface area contributed by atoms with Gasteiger partial charge in [0, 0.05) is 49.1 Å². The minimum absolute atomic E-state index is 0.0434. The van der Waals surface area contributed by atoms with Crippen molar-refractivity contribution in [2.24, 2.45) is 0 Å². The van der Waals surface area contributed by atoms with Crippen LogP contribution in [0, 0.1) is 10.1 Å². The number of nitrogens with zero attached hydrogens (tertiary/aromatic N) is 3. The summed E-state index contributed by atoms with van der Waals surface area (Å²) in [4.78, 5) is 43.8. The summed E-state index contributed by atoms with van der Waals surface area (Å²) in [6, 6.07) is 26.9. The van der Waals surface area contributed by atoms with Gasteiger partial charge >= 0.3 is 11.9 Å². The number of esters is 1. The number of rotatable bonds is 8. The van der Waals surface area contributed by atoms with Crippen molar-refractivity contribution in [1.29, 1.82) is 0 Å². The van der Waals surface area contributed by atoms with E-state index in [2.05, 4.69) is 25.9 Å². The lowest BCUT2D eigenvalue weighted by molar-refractivity contribution is -0.384. The first kappa shape index (κ1) is 40.0. The quantitative estimate of drug-likeness (QED) is 0.0905. The van der Waals surface area contributed by atoms with Gasteiger partial charge in [-0.25, -0.2) is 19.6 Å². The van der Waals surface area contributed by atoms with Crippen LogP contribution in [0.5, 0.6) is 0 Å². The Morgan fingerprint density at radius 1 is 0.691 bits per heavy atom. The van der Waals surface area contributed by atoms with E-state index in [-0.39, 0.29) is 22.4 Å². The Morgan fingerprint density at radius 2 is 1.20 bits per heavy atom. The number of aromatic carboxylic acids is 1. The van der Waals surface area contributed by atoms with Crippen molar-refractivity contribution in [1.82, 2.24) is 9.97 Å². The van der Waals surface area contributed by atoms with Crippen molar-refractivity contribution >= 4 is 103 Å². The van der Waals surface area contributed by atoms with Crippen molar-refractivity contribution in [2.45, 2.75) is 0 Å². The van der Waals surface area contributed by atoms with Crippen LogP contribution in [0.4, 0.5) is 5.69 Å². The molecule has 0 aliphatic rings. The average Bonchev–Trinajstić information content (AvgIpc) is 3.89. The van der Waals surface area contributed by atoms with Gasteiger partial charge in [0.1, 0.15) is 10.0 Å². The van der Waals surface area contributed by atoms with Crippen LogP contribution in [0.25, 0.3) is 54.8 Å². The fourth-order valence-corrected chi connectivity index (χ4v) is 7.92. The number of nitro benzene ring substituents is 1. The molecule has 0 spiro atoms. The molecular formula is C39H22BrCl4N3O6S2. The van der Waals surface area contributed by atoms with E-state index >= 15 is 0 Å². The van der Waals surface area contributed by atoms with Gasteiger partial charge in [-0.1, -0.05) is 88.9 Å². The fraction of sp³-hybridized carbons (Fsp3) is 0.0256. The number of hydrogen-bond acceptors (Lipinski definition) is 9. The molecule has 7 aromatic rings. The zero-order valence-electron chi connectivity index (χ0n) is 27.9. The third-order valence-corrected chi connectivity index (χ3v) is 11.9. The molecule has 0 atom stereocenters. The largest absolute Gasteiger partial charge is 0.478 e. The van der Waals surface area contributed by atoms with Gasteiger partial charge in [0.2, 0.25) is 0 Å². The maximum atomic E-state index is 11.9. The van der Waals surface area contributed by atoms with Gasteiger partial charge in [-0.15, -0.1) is 22.7 Å². The van der Waals surface area contributed by atoms with E-state index in [1.807, 2.05) is 29.0 Å². The molecule has 5 aromatic carbocycles. The maximum absolute atomic E-state index is 11.9. The zero-order valence-corrected chi connectivity index (χ0v) is 34.2. The van der Waals surface area contributed by atoms with Crippen molar-refractivity contribution < 1.29 is 24.4 Å². The number of para-hydroxylation sites is 1. The second kappa shape index (κ2) is 17.4. The molecule has 0 radical (unpaired) electrons. The van der Waals surface area contributed by atoms with Crippen molar-refractivity contribution in [3.63, 3.8) is 0 Å². The summed E-state index contributed by atoms with van der Waals surface area (Å²) in [6.07, 6.45) is 0. The first-order valence-electron chi connectivity index (χ1n) is 15.7. The van der Waals surface area contributed by atoms with E-state index in [1.54, 1.807) is 54.6 Å². The molecule has 0 aliphatic heterocycles. The highest BCUT2D eigenvalue weighted by Gasteiger charge is 2.21. The Hall–Kier alpha value is -4.66. The summed E-state index contributed by atoms with van der Waals surface area (Å²) in [6.45, 7) is 0. The predicted octanol–water partition coefficient (Wildman–Crippen LogP) is 13.4. The van der Waals surface area contributed by atoms with Crippen LogP contribution in [-0.2, 0) is 4.74 Å². The summed E-state index contributed by atoms with van der Waals surface area (Å²) in [7, 11) is 1.35. The molecule has 0 unspecified atom stereocenters. The molecule has 0 saturated heterocycles. The van der Waals surface area contributed by atoms with E-state index in [0.717, 1.165) is 27.4 Å². The number of carboxylic acids is 1. The third kappa shape index (κ3) is 9.08. The Balaban J connectivity index is 0.000000193. The van der Waals surface area contributed by atoms with Gasteiger partial charge in [-0.05, 0) is 64.5 Å². The minimum Gasteiger partial charge on any atom is -0.478 e. The molecule has 0 saturated carbocycles. The number of halogens is 5. The number of carbonyl (C=O) groups is 2. The van der Waals surface area contributed by atoms with Crippen molar-refractivity contribution in [2.75, 3.05) is 7.11 Å². The molecule has 0 amide bonds. The molecule has 0 bridgehead atoms. The number of aromatic nitrogens is 2. The highest BCUT2D eigenvalue weighted by atomic mass is 79.9. The molecule has 276 valence electrons. The summed E-state index contributed by atoms with van der Waals surface area (Å²) in [5, 5.41) is 28.2. The Labute approximate surface area is 350 Å². The SMILES string of the molecule is COC(=O)c1cc(-c2nc(-c3ccc(Cl)c(Cl)c3)cs2)ccc1Br.O=C(O)c1cc(-c2nc(-c3ccc(Cl)c(Cl)c3)cs2)ccc1-c1ccccc1[N+](=O)[O-]. The molecule has 16 heteroatoms. The lowest BCUT2D eigenvalue weighted by Crippen LogP contribution is -2.02. The molecule has 1 N–H and O–H groups in total. The van der Waals surface area contributed by atoms with Gasteiger partial charge in [-0.3, -0.25) is 10.1 Å². The van der Waals surface area contributed by atoms with Gasteiger partial charge in [-0.2, -0.15) is 0 Å². The number of methoxy groups -OCH3 is 1. The molecule has 7 rings (SSSR count). The van der Waals surface area contributed by atoms with Crippen LogP contribution in [0.2, 0.25) is 20.1 Å². The topological polar surface area (TPSA) is 133 Å². The van der Waals surface area contributed by atoms with Gasteiger partial charge < -0.3 is 9.84 Å². The number of nitro groups is 1. The molecule has 9 nitrogen and oxygen atoms in total. The second-order valence-electron chi connectivity index (χ2n) is 11.4. The molecule has 0 fully saturated rings. The Bertz CT molecular complexity index is 2620. The normalized spacial score (nSPS) is 10.7. The van der Waals surface area contributed by atoms with Crippen LogP contribution in [-0.4, -0.2) is 39.0 Å². The number of carboxylic acid groups (broad SMARTS) is 1. The number of ether oxygens (including phenoxy) is 1. The number of thiazole rings is 2. The van der Waals surface area contributed by atoms with Crippen LogP contribution in [0.3, 0.4) is 0 Å². The smallest absolute Gasteiger partial charge is 0.339 e. The average molecular weight is 914 g/mol. The van der Waals surface area contributed by atoms with Crippen molar-refractivity contribution in [3.8, 4) is 54.8 Å². The van der Waals surface area contributed by atoms with Crippen LogP contribution in [0.1, 0.15) is 20.7 Å². The summed E-state index contributed by atoms with van der Waals surface area (Å²) in [5.74, 6) is -1.58. The lowest BCUT2D eigenvalue weighted by Gasteiger charge is -2.09. The van der Waals surface area contributed by atoms with Gasteiger partial charge in [0.15, 0.2) is 0 Å². The standard InChI is InChI=1S/C22H12Cl2N2O4S.C17H10BrCl2NO2S/c23-17-8-6-12(10-18(17)24)19-11-31-21(25-19)13-5-7-14(16(9-13)22(27)28)15-3-1-2-4-20(15)26(29)30;1-23-17(22)11-6-10(2-4-12(11)18)16-21-15(8-24-16)9-3-5-13(19)14(20)7-9/h1-11H,(H,27,28);2-8H,1H3. The van der Waals surface area contributed by atoms with Gasteiger partial charge in [0.05, 0.1) is 60.2 Å². The fourth-order valence-electron chi connectivity index (χ4n) is 5.26. The highest BCUT2D eigenvalue weighted by molar-refractivity contribution is 9.10. The number of benzene rings is 5. The summed E-state index contributed by atoms with van der Waals surface area (Å²) >= 11 is 30.3. The van der Waals surface area contributed by atoms with Crippen molar-refractivity contribution in [3.05, 3.63) is 154 Å². The van der Waals surface area contributed by atoms with E-state index in [4.69, 9.17) is 51.1 Å². The molecule has 2 heterocycles. The molecular weight excluding hydrogens is 892 g/mol. The van der Waals surface area contributed by atoms with Gasteiger partial charge in [0.25, 0.3) is 5.69 Å². The Morgan fingerprint density at radius 3 is 1.71 bits per heavy atom. The number of hydrogen-bond donors (Lipinski definition) is 1. The van der Waals surface area contributed by atoms with E-state index < -0.39 is 16.9 Å². The van der Waals surface area contributed by atoms with E-state index in [0.29, 0.717) is 46.4 Å². The zero-order chi connectivity index (χ0) is 39.4. The van der Waals surface area contributed by atoms with E-state index in [9.17, 15) is 24.8 Å². The second-order valence-corrected chi connectivity index (χ2v) is 15.6. The van der Waals surface area contributed by atoms with E-state index in [1.165, 1.54) is 54.0 Å².